The second kappa shape index (κ2) is 4.79. The van der Waals surface area contributed by atoms with E-state index in [4.69, 9.17) is 0 Å². The van der Waals surface area contributed by atoms with Crippen LogP contribution in [0.3, 0.4) is 0 Å². The van der Waals surface area contributed by atoms with Gasteiger partial charge in [-0.05, 0) is 17.3 Å². The molecule has 0 heterocycles. The quantitative estimate of drug-likeness (QED) is 0.487. The maximum absolute atomic E-state index is 2.29. The molecule has 0 aromatic carbocycles. The van der Waals surface area contributed by atoms with Gasteiger partial charge in [-0.1, -0.05) is 55.4 Å². The molecule has 0 rings (SSSR count). The van der Waals surface area contributed by atoms with E-state index in [-0.39, 0.29) is 0 Å². The summed E-state index contributed by atoms with van der Waals surface area (Å²) < 4.78 is 0. The molecular weight excluding hydrogens is 132 g/mol. The zero-order chi connectivity index (χ0) is 9.71. The van der Waals surface area contributed by atoms with Gasteiger partial charge in [0.1, 0.15) is 0 Å². The summed E-state index contributed by atoms with van der Waals surface area (Å²) in [4.78, 5) is 0. The highest BCUT2D eigenvalue weighted by Gasteiger charge is 2.20. The topological polar surface area (TPSA) is 0 Å². The number of rotatable bonds is 0. The number of hydrogen-bond acceptors (Lipinski definition) is 0. The summed E-state index contributed by atoms with van der Waals surface area (Å²) in [6.07, 6.45) is 1.29. The lowest BCUT2D eigenvalue weighted by Crippen LogP contribution is -2.16. The van der Waals surface area contributed by atoms with Gasteiger partial charge >= 0.3 is 0 Å². The molecule has 0 bridgehead atoms. The van der Waals surface area contributed by atoms with Gasteiger partial charge in [0.2, 0.25) is 0 Å². The molecule has 0 unspecified atom stereocenters. The second-order valence-electron chi connectivity index (χ2n) is 5.30. The highest BCUT2D eigenvalue weighted by Crippen LogP contribution is 2.31. The first kappa shape index (κ1) is 13.6. The third-order valence-electron chi connectivity index (χ3n) is 1.06. The molecule has 0 heteroatoms. The van der Waals surface area contributed by atoms with Crippen LogP contribution in [0.25, 0.3) is 0 Å². The van der Waals surface area contributed by atoms with Crippen molar-refractivity contribution in [2.75, 3.05) is 0 Å². The van der Waals surface area contributed by atoms with Crippen LogP contribution in [0.2, 0.25) is 0 Å². The van der Waals surface area contributed by atoms with E-state index in [1.807, 2.05) is 13.8 Å². The Bertz CT molecular complexity index is 65.2. The van der Waals surface area contributed by atoms with Crippen molar-refractivity contribution in [3.05, 3.63) is 0 Å². The lowest BCUT2D eigenvalue weighted by Gasteiger charge is -2.28. The van der Waals surface area contributed by atoms with Crippen LogP contribution in [-0.4, -0.2) is 0 Å². The molecular formula is C11H26. The van der Waals surface area contributed by atoms with Gasteiger partial charge in [0, 0.05) is 0 Å². The Morgan fingerprint density at radius 3 is 0.818 bits per heavy atom. The average molecular weight is 158 g/mol. The molecule has 0 spiro atoms. The molecule has 0 atom stereocenters. The van der Waals surface area contributed by atoms with Crippen LogP contribution in [0.1, 0.15) is 61.8 Å². The molecule has 0 aliphatic heterocycles. The summed E-state index contributed by atoms with van der Waals surface area (Å²) in [5.74, 6) is 0. The van der Waals surface area contributed by atoms with Gasteiger partial charge in [-0.25, -0.2) is 0 Å². The summed E-state index contributed by atoms with van der Waals surface area (Å²) >= 11 is 0. The normalized spacial score (nSPS) is 12.0. The molecule has 0 saturated heterocycles. The predicted octanol–water partition coefficient (Wildman–Crippen LogP) is 4.49. The van der Waals surface area contributed by atoms with E-state index in [9.17, 15) is 0 Å². The molecule has 0 aliphatic carbocycles. The summed E-state index contributed by atoms with van der Waals surface area (Å²) in [6, 6.07) is 0. The minimum atomic E-state index is 0.484. The van der Waals surface area contributed by atoms with Crippen molar-refractivity contribution < 1.29 is 0 Å². The Hall–Kier alpha value is 0. The van der Waals surface area contributed by atoms with E-state index in [1.165, 1.54) is 6.42 Å². The van der Waals surface area contributed by atoms with Crippen LogP contribution < -0.4 is 0 Å². The SMILES string of the molecule is CC.CC(C)(C)CC(C)(C)C. The Kier molecular flexibility index (Phi) is 5.92. The summed E-state index contributed by atoms with van der Waals surface area (Å²) in [5.41, 5.74) is 0.969. The fourth-order valence-corrected chi connectivity index (χ4v) is 1.59. The molecule has 0 aliphatic rings. The zero-order valence-electron chi connectivity index (χ0n) is 9.71. The second-order valence-corrected chi connectivity index (χ2v) is 5.30. The molecule has 11 heavy (non-hydrogen) atoms. The zero-order valence-corrected chi connectivity index (χ0v) is 9.71. The van der Waals surface area contributed by atoms with Crippen molar-refractivity contribution in [2.45, 2.75) is 61.8 Å². The number of hydrogen-bond donors (Lipinski definition) is 0. The van der Waals surface area contributed by atoms with E-state index >= 15 is 0 Å². The highest BCUT2D eigenvalue weighted by molar-refractivity contribution is 4.71. The molecule has 0 nitrogen and oxygen atoms in total. The first-order valence-electron chi connectivity index (χ1n) is 4.71. The first-order chi connectivity index (χ1) is 4.71. The monoisotopic (exact) mass is 158 g/mol. The third-order valence-corrected chi connectivity index (χ3v) is 1.06. The van der Waals surface area contributed by atoms with Crippen molar-refractivity contribution in [3.8, 4) is 0 Å². The Morgan fingerprint density at radius 1 is 0.636 bits per heavy atom. The van der Waals surface area contributed by atoms with Gasteiger partial charge in [-0.3, -0.25) is 0 Å². The molecule has 0 N–H and O–H groups in total. The molecule has 0 amide bonds. The highest BCUT2D eigenvalue weighted by atomic mass is 14.3. The van der Waals surface area contributed by atoms with E-state index in [1.54, 1.807) is 0 Å². The van der Waals surface area contributed by atoms with E-state index < -0.39 is 0 Å². The maximum Gasteiger partial charge on any atom is -0.0378 e. The Morgan fingerprint density at radius 2 is 0.818 bits per heavy atom. The largest absolute Gasteiger partial charge is 0.0683 e. The fraction of sp³-hybridized carbons (Fsp3) is 1.00. The molecule has 70 valence electrons. The minimum Gasteiger partial charge on any atom is -0.0683 e. The van der Waals surface area contributed by atoms with Gasteiger partial charge in [0.15, 0.2) is 0 Å². The maximum atomic E-state index is 2.29. The van der Waals surface area contributed by atoms with Gasteiger partial charge < -0.3 is 0 Å². The van der Waals surface area contributed by atoms with Crippen LogP contribution in [-0.2, 0) is 0 Å². The van der Waals surface area contributed by atoms with Crippen molar-refractivity contribution in [2.24, 2.45) is 10.8 Å². The van der Waals surface area contributed by atoms with Crippen molar-refractivity contribution >= 4 is 0 Å². The fourth-order valence-electron chi connectivity index (χ4n) is 1.59. The van der Waals surface area contributed by atoms with E-state index in [0.717, 1.165) is 0 Å². The summed E-state index contributed by atoms with van der Waals surface area (Å²) in [7, 11) is 0. The summed E-state index contributed by atoms with van der Waals surface area (Å²) in [6.45, 7) is 17.7. The van der Waals surface area contributed by atoms with Crippen LogP contribution in [0.4, 0.5) is 0 Å². The van der Waals surface area contributed by atoms with Gasteiger partial charge in [0.05, 0.1) is 0 Å². The smallest absolute Gasteiger partial charge is 0.0378 e. The van der Waals surface area contributed by atoms with Crippen LogP contribution in [0.5, 0.6) is 0 Å². The van der Waals surface area contributed by atoms with Crippen molar-refractivity contribution in [3.63, 3.8) is 0 Å². The Balaban J connectivity index is 0. The van der Waals surface area contributed by atoms with Crippen LogP contribution in [0, 0.1) is 10.8 Å². The lowest BCUT2D eigenvalue weighted by molar-refractivity contribution is 0.233. The molecule has 0 aromatic heterocycles. The summed E-state index contributed by atoms with van der Waals surface area (Å²) in [5, 5.41) is 0. The lowest BCUT2D eigenvalue weighted by atomic mass is 9.78. The van der Waals surface area contributed by atoms with E-state index in [2.05, 4.69) is 41.5 Å². The molecule has 0 fully saturated rings. The Labute approximate surface area is 73.4 Å². The minimum absolute atomic E-state index is 0.484. The van der Waals surface area contributed by atoms with Gasteiger partial charge in [0.25, 0.3) is 0 Å². The molecule has 0 saturated carbocycles. The molecule has 0 aromatic rings. The van der Waals surface area contributed by atoms with Crippen molar-refractivity contribution in [1.82, 2.24) is 0 Å². The van der Waals surface area contributed by atoms with Gasteiger partial charge in [-0.2, -0.15) is 0 Å². The van der Waals surface area contributed by atoms with Crippen LogP contribution in [0.15, 0.2) is 0 Å². The average Bonchev–Trinajstić information content (AvgIpc) is 1.60. The van der Waals surface area contributed by atoms with Crippen molar-refractivity contribution in [1.29, 1.82) is 0 Å². The van der Waals surface area contributed by atoms with Gasteiger partial charge in [-0.15, -0.1) is 0 Å². The molecule has 0 radical (unpaired) electrons. The standard InChI is InChI=1S/C9H20.C2H6/c1-8(2,3)7-9(4,5)6;1-2/h7H2,1-6H3;1-2H3. The first-order valence-corrected chi connectivity index (χ1v) is 4.71. The third kappa shape index (κ3) is 17.8. The van der Waals surface area contributed by atoms with E-state index in [0.29, 0.717) is 10.8 Å². The van der Waals surface area contributed by atoms with Crippen LogP contribution >= 0.6 is 0 Å². The predicted molar refractivity (Wildman–Crippen MR) is 54.9 cm³/mol.